The molecule has 2 heterocycles. The maximum absolute atomic E-state index is 12.1. The molecule has 1 aromatic carbocycles. The van der Waals surface area contributed by atoms with E-state index in [1.54, 1.807) is 48.7 Å². The number of pyridine rings is 1. The topological polar surface area (TPSA) is 91.4 Å². The molecule has 0 fully saturated rings. The van der Waals surface area contributed by atoms with Crippen molar-refractivity contribution < 1.29 is 14.4 Å². The van der Waals surface area contributed by atoms with E-state index in [0.717, 1.165) is 4.90 Å². The van der Waals surface area contributed by atoms with E-state index in [0.29, 0.717) is 16.9 Å². The Labute approximate surface area is 126 Å². The number of aromatic nitrogens is 1. The van der Waals surface area contributed by atoms with Gasteiger partial charge in [0.1, 0.15) is 12.5 Å². The monoisotopic (exact) mass is 296 g/mol. The summed E-state index contributed by atoms with van der Waals surface area (Å²) in [7, 11) is 0. The van der Waals surface area contributed by atoms with Crippen LogP contribution in [0.3, 0.4) is 0 Å². The zero-order valence-corrected chi connectivity index (χ0v) is 11.4. The number of imide groups is 1. The maximum atomic E-state index is 12.1. The molecule has 1 aliphatic heterocycles. The minimum atomic E-state index is -0.546. The summed E-state index contributed by atoms with van der Waals surface area (Å²) in [4.78, 5) is 40.9. The zero-order valence-electron chi connectivity index (χ0n) is 11.4. The van der Waals surface area contributed by atoms with Crippen LogP contribution < -0.4 is 10.6 Å². The second-order valence-electron chi connectivity index (χ2n) is 4.59. The standard InChI is InChI=1S/C15H12N4O3/c20-13-10-5-1-2-6-11(10)14(21)19(13)9-17-15(22)18-12-7-3-4-8-16-12/h1-8H,9H2,(H2,16,17,18,22). The van der Waals surface area contributed by atoms with Crippen molar-refractivity contribution in [3.8, 4) is 0 Å². The predicted molar refractivity (Wildman–Crippen MR) is 78.2 cm³/mol. The molecule has 0 bridgehead atoms. The number of fused-ring (bicyclic) bond motifs is 1. The minimum Gasteiger partial charge on any atom is -0.320 e. The van der Waals surface area contributed by atoms with E-state index in [-0.39, 0.29) is 6.67 Å². The van der Waals surface area contributed by atoms with Gasteiger partial charge < -0.3 is 5.32 Å². The second-order valence-corrected chi connectivity index (χ2v) is 4.59. The Morgan fingerprint density at radius 2 is 1.64 bits per heavy atom. The smallest absolute Gasteiger partial charge is 0.320 e. The van der Waals surface area contributed by atoms with Gasteiger partial charge >= 0.3 is 6.03 Å². The number of benzene rings is 1. The van der Waals surface area contributed by atoms with E-state index in [1.807, 2.05) is 0 Å². The van der Waals surface area contributed by atoms with Crippen molar-refractivity contribution in [1.29, 1.82) is 0 Å². The Kier molecular flexibility index (Phi) is 3.53. The lowest BCUT2D eigenvalue weighted by atomic mass is 10.1. The van der Waals surface area contributed by atoms with E-state index in [1.165, 1.54) is 0 Å². The molecule has 0 aliphatic carbocycles. The van der Waals surface area contributed by atoms with Crippen LogP contribution in [0.15, 0.2) is 48.7 Å². The van der Waals surface area contributed by atoms with Gasteiger partial charge in [-0.25, -0.2) is 9.78 Å². The summed E-state index contributed by atoms with van der Waals surface area (Å²) in [6, 6.07) is 11.1. The molecule has 7 heteroatoms. The maximum Gasteiger partial charge on any atom is 0.321 e. The van der Waals surface area contributed by atoms with Crippen LogP contribution in [0.25, 0.3) is 0 Å². The molecule has 1 aromatic heterocycles. The molecule has 0 atom stereocenters. The highest BCUT2D eigenvalue weighted by Gasteiger charge is 2.35. The fraction of sp³-hybridized carbons (Fsp3) is 0.0667. The summed E-state index contributed by atoms with van der Waals surface area (Å²) in [5.74, 6) is -0.458. The number of anilines is 1. The Bertz CT molecular complexity index is 710. The molecule has 110 valence electrons. The summed E-state index contributed by atoms with van der Waals surface area (Å²) in [5, 5.41) is 4.97. The van der Waals surface area contributed by atoms with Crippen LogP contribution in [0.5, 0.6) is 0 Å². The normalized spacial score (nSPS) is 13.0. The highest BCUT2D eigenvalue weighted by atomic mass is 16.2. The summed E-state index contributed by atoms with van der Waals surface area (Å²) in [6.07, 6.45) is 1.54. The molecular formula is C15H12N4O3. The number of urea groups is 1. The summed E-state index contributed by atoms with van der Waals surface area (Å²) < 4.78 is 0. The molecular weight excluding hydrogens is 284 g/mol. The van der Waals surface area contributed by atoms with E-state index in [4.69, 9.17) is 0 Å². The van der Waals surface area contributed by atoms with Crippen LogP contribution >= 0.6 is 0 Å². The number of hydrogen-bond donors (Lipinski definition) is 2. The van der Waals surface area contributed by atoms with Gasteiger partial charge in [0, 0.05) is 6.20 Å². The summed E-state index contributed by atoms with van der Waals surface area (Å²) >= 11 is 0. The molecule has 1 aliphatic rings. The van der Waals surface area contributed by atoms with Gasteiger partial charge in [0.05, 0.1) is 11.1 Å². The molecule has 0 saturated carbocycles. The Hall–Kier alpha value is -3.22. The van der Waals surface area contributed by atoms with Gasteiger partial charge in [0.2, 0.25) is 0 Å². The molecule has 2 aromatic rings. The number of nitrogens with zero attached hydrogens (tertiary/aromatic N) is 2. The SMILES string of the molecule is O=C(NCN1C(=O)c2ccccc2C1=O)Nc1ccccn1. The Morgan fingerprint density at radius 1 is 1.00 bits per heavy atom. The van der Waals surface area contributed by atoms with Gasteiger partial charge in [0.25, 0.3) is 11.8 Å². The lowest BCUT2D eigenvalue weighted by Gasteiger charge is -2.14. The Morgan fingerprint density at radius 3 is 2.23 bits per heavy atom. The minimum absolute atomic E-state index is 0.203. The van der Waals surface area contributed by atoms with Gasteiger partial charge in [-0.1, -0.05) is 18.2 Å². The molecule has 7 nitrogen and oxygen atoms in total. The van der Waals surface area contributed by atoms with Crippen LogP contribution in [-0.4, -0.2) is 34.4 Å². The fourth-order valence-electron chi connectivity index (χ4n) is 2.13. The average molecular weight is 296 g/mol. The van der Waals surface area contributed by atoms with Crippen molar-refractivity contribution in [2.45, 2.75) is 0 Å². The number of carbonyl (C=O) groups excluding carboxylic acids is 3. The van der Waals surface area contributed by atoms with Crippen molar-refractivity contribution >= 4 is 23.7 Å². The fourth-order valence-corrected chi connectivity index (χ4v) is 2.13. The number of nitrogens with one attached hydrogen (secondary N) is 2. The van der Waals surface area contributed by atoms with Gasteiger partial charge in [-0.05, 0) is 24.3 Å². The lowest BCUT2D eigenvalue weighted by Crippen LogP contribution is -2.42. The second kappa shape index (κ2) is 5.65. The van der Waals surface area contributed by atoms with Crippen LogP contribution in [0.1, 0.15) is 20.7 Å². The van der Waals surface area contributed by atoms with Gasteiger partial charge in [-0.15, -0.1) is 0 Å². The first-order chi connectivity index (χ1) is 10.7. The number of carbonyl (C=O) groups is 3. The van der Waals surface area contributed by atoms with Crippen LogP contribution in [0.2, 0.25) is 0 Å². The molecule has 0 saturated heterocycles. The Balaban J connectivity index is 1.62. The third-order valence-corrected chi connectivity index (χ3v) is 3.18. The van der Waals surface area contributed by atoms with Crippen molar-refractivity contribution in [2.24, 2.45) is 0 Å². The van der Waals surface area contributed by atoms with E-state index in [9.17, 15) is 14.4 Å². The molecule has 0 unspecified atom stereocenters. The molecule has 0 spiro atoms. The highest BCUT2D eigenvalue weighted by Crippen LogP contribution is 2.21. The number of hydrogen-bond acceptors (Lipinski definition) is 4. The quantitative estimate of drug-likeness (QED) is 0.839. The van der Waals surface area contributed by atoms with Crippen molar-refractivity contribution in [3.05, 3.63) is 59.8 Å². The van der Waals surface area contributed by atoms with E-state index in [2.05, 4.69) is 15.6 Å². The third-order valence-electron chi connectivity index (χ3n) is 3.18. The first-order valence-corrected chi connectivity index (χ1v) is 6.58. The van der Waals surface area contributed by atoms with Crippen LogP contribution in [0.4, 0.5) is 10.6 Å². The number of amides is 4. The first-order valence-electron chi connectivity index (χ1n) is 6.58. The van der Waals surface area contributed by atoms with Gasteiger partial charge in [-0.3, -0.25) is 19.8 Å². The molecule has 4 amide bonds. The van der Waals surface area contributed by atoms with Crippen LogP contribution in [0, 0.1) is 0 Å². The molecule has 2 N–H and O–H groups in total. The predicted octanol–water partition coefficient (Wildman–Crippen LogP) is 1.46. The first kappa shape index (κ1) is 13.7. The third kappa shape index (κ3) is 2.51. The van der Waals surface area contributed by atoms with E-state index >= 15 is 0 Å². The van der Waals surface area contributed by atoms with Gasteiger partial charge in [0.15, 0.2) is 0 Å². The van der Waals surface area contributed by atoms with Crippen molar-refractivity contribution in [3.63, 3.8) is 0 Å². The van der Waals surface area contributed by atoms with Crippen molar-refractivity contribution in [2.75, 3.05) is 12.0 Å². The zero-order chi connectivity index (χ0) is 15.5. The summed E-state index contributed by atoms with van der Waals surface area (Å²) in [6.45, 7) is -0.203. The highest BCUT2D eigenvalue weighted by molar-refractivity contribution is 6.21. The largest absolute Gasteiger partial charge is 0.321 e. The van der Waals surface area contributed by atoms with Crippen molar-refractivity contribution in [1.82, 2.24) is 15.2 Å². The molecule has 22 heavy (non-hydrogen) atoms. The summed E-state index contributed by atoms with van der Waals surface area (Å²) in [5.41, 5.74) is 0.693. The average Bonchev–Trinajstić information content (AvgIpc) is 2.78. The van der Waals surface area contributed by atoms with E-state index < -0.39 is 17.8 Å². The number of rotatable bonds is 3. The lowest BCUT2D eigenvalue weighted by molar-refractivity contribution is 0.0648. The van der Waals surface area contributed by atoms with Gasteiger partial charge in [-0.2, -0.15) is 0 Å². The van der Waals surface area contributed by atoms with Crippen LogP contribution in [-0.2, 0) is 0 Å². The molecule has 0 radical (unpaired) electrons. The molecule has 3 rings (SSSR count).